The van der Waals surface area contributed by atoms with E-state index in [9.17, 15) is 9.59 Å². The SMILES string of the molecule is Cc1cccc([C@H]2CNC(=O)[C@H](C(=O)O)C2)c1. The Hall–Kier alpha value is -1.84. The number of hydrogen-bond acceptors (Lipinski definition) is 2. The summed E-state index contributed by atoms with van der Waals surface area (Å²) in [6.45, 7) is 2.52. The number of hydrogen-bond donors (Lipinski definition) is 2. The Morgan fingerprint density at radius 2 is 2.24 bits per heavy atom. The number of rotatable bonds is 2. The third kappa shape index (κ3) is 2.46. The molecule has 1 heterocycles. The van der Waals surface area contributed by atoms with Crippen molar-refractivity contribution < 1.29 is 14.7 Å². The Kier molecular flexibility index (Phi) is 3.13. The molecule has 0 aromatic heterocycles. The molecule has 1 aliphatic rings. The predicted molar refractivity (Wildman–Crippen MR) is 62.7 cm³/mol. The van der Waals surface area contributed by atoms with Crippen LogP contribution in [-0.2, 0) is 9.59 Å². The minimum atomic E-state index is -1.04. The highest BCUT2D eigenvalue weighted by Gasteiger charge is 2.34. The van der Waals surface area contributed by atoms with Crippen LogP contribution < -0.4 is 5.32 Å². The van der Waals surface area contributed by atoms with Crippen LogP contribution in [0.3, 0.4) is 0 Å². The third-order valence-electron chi connectivity index (χ3n) is 3.17. The number of aliphatic carboxylic acids is 1. The number of carbonyl (C=O) groups is 2. The van der Waals surface area contributed by atoms with Gasteiger partial charge in [0.05, 0.1) is 0 Å². The Labute approximate surface area is 99.6 Å². The molecule has 0 bridgehead atoms. The van der Waals surface area contributed by atoms with Crippen molar-refractivity contribution in [3.63, 3.8) is 0 Å². The van der Waals surface area contributed by atoms with E-state index in [1.165, 1.54) is 0 Å². The van der Waals surface area contributed by atoms with Crippen LogP contribution in [0.4, 0.5) is 0 Å². The lowest BCUT2D eigenvalue weighted by Crippen LogP contribution is -2.43. The summed E-state index contributed by atoms with van der Waals surface area (Å²) in [5, 5.41) is 11.6. The Balaban J connectivity index is 2.18. The first kappa shape index (κ1) is 11.6. The molecule has 1 aromatic carbocycles. The van der Waals surface area contributed by atoms with Crippen LogP contribution >= 0.6 is 0 Å². The normalized spacial score (nSPS) is 24.2. The molecule has 0 aliphatic carbocycles. The Bertz CT molecular complexity index is 456. The van der Waals surface area contributed by atoms with Gasteiger partial charge in [-0.2, -0.15) is 0 Å². The second-order valence-electron chi connectivity index (χ2n) is 4.48. The van der Waals surface area contributed by atoms with Crippen molar-refractivity contribution in [3.8, 4) is 0 Å². The molecule has 1 aliphatic heterocycles. The Morgan fingerprint density at radius 3 is 2.88 bits per heavy atom. The molecule has 1 saturated heterocycles. The number of benzene rings is 1. The second-order valence-corrected chi connectivity index (χ2v) is 4.48. The molecule has 0 radical (unpaired) electrons. The van der Waals surface area contributed by atoms with Gasteiger partial charge in [-0.05, 0) is 18.9 Å². The number of carboxylic acids is 1. The molecule has 1 amide bonds. The highest BCUT2D eigenvalue weighted by Crippen LogP contribution is 2.27. The zero-order chi connectivity index (χ0) is 12.4. The van der Waals surface area contributed by atoms with E-state index < -0.39 is 11.9 Å². The van der Waals surface area contributed by atoms with Crippen molar-refractivity contribution in [3.05, 3.63) is 35.4 Å². The van der Waals surface area contributed by atoms with Gasteiger partial charge >= 0.3 is 5.97 Å². The summed E-state index contributed by atoms with van der Waals surface area (Å²) in [6, 6.07) is 7.98. The number of carbonyl (C=O) groups excluding carboxylic acids is 1. The summed E-state index contributed by atoms with van der Waals surface area (Å²) in [5.41, 5.74) is 2.24. The van der Waals surface area contributed by atoms with Gasteiger partial charge in [0.1, 0.15) is 5.92 Å². The van der Waals surface area contributed by atoms with Gasteiger partial charge in [0, 0.05) is 12.5 Å². The number of carboxylic acid groups (broad SMARTS) is 1. The smallest absolute Gasteiger partial charge is 0.316 e. The average Bonchev–Trinajstić information content (AvgIpc) is 2.29. The first-order chi connectivity index (χ1) is 8.08. The van der Waals surface area contributed by atoms with Crippen molar-refractivity contribution in [2.24, 2.45) is 5.92 Å². The maximum atomic E-state index is 11.4. The van der Waals surface area contributed by atoms with Crippen molar-refractivity contribution in [2.45, 2.75) is 19.3 Å². The molecule has 0 spiro atoms. The molecule has 4 heteroatoms. The lowest BCUT2D eigenvalue weighted by Gasteiger charge is -2.27. The standard InChI is InChI=1S/C13H15NO3/c1-8-3-2-4-9(5-8)10-6-11(13(16)17)12(15)14-7-10/h2-5,10-11H,6-7H2,1H3,(H,14,15)(H,16,17)/t10-,11-/m1/s1. The quantitative estimate of drug-likeness (QED) is 0.757. The van der Waals surface area contributed by atoms with Crippen LogP contribution in [0.15, 0.2) is 24.3 Å². The van der Waals surface area contributed by atoms with Crippen LogP contribution in [0.2, 0.25) is 0 Å². The molecule has 17 heavy (non-hydrogen) atoms. The van der Waals surface area contributed by atoms with Gasteiger partial charge in [0.2, 0.25) is 5.91 Å². The molecule has 2 N–H and O–H groups in total. The van der Waals surface area contributed by atoms with E-state index in [1.54, 1.807) is 0 Å². The van der Waals surface area contributed by atoms with Gasteiger partial charge in [0.25, 0.3) is 0 Å². The number of piperidine rings is 1. The summed E-state index contributed by atoms with van der Waals surface area (Å²) < 4.78 is 0. The van der Waals surface area contributed by atoms with Crippen LogP contribution in [0.25, 0.3) is 0 Å². The summed E-state index contributed by atoms with van der Waals surface area (Å²) >= 11 is 0. The fraction of sp³-hybridized carbons (Fsp3) is 0.385. The molecular formula is C13H15NO3. The van der Waals surface area contributed by atoms with Crippen LogP contribution in [0, 0.1) is 12.8 Å². The summed E-state index contributed by atoms with van der Waals surface area (Å²) in [5.74, 6) is -2.25. The van der Waals surface area contributed by atoms with Gasteiger partial charge in [-0.25, -0.2) is 0 Å². The van der Waals surface area contributed by atoms with Crippen molar-refractivity contribution in [2.75, 3.05) is 6.54 Å². The number of amides is 1. The summed E-state index contributed by atoms with van der Waals surface area (Å²) in [7, 11) is 0. The summed E-state index contributed by atoms with van der Waals surface area (Å²) in [6.07, 6.45) is 0.380. The molecule has 4 nitrogen and oxygen atoms in total. The van der Waals surface area contributed by atoms with Crippen molar-refractivity contribution in [1.82, 2.24) is 5.32 Å². The first-order valence-corrected chi connectivity index (χ1v) is 5.65. The molecule has 2 atom stereocenters. The summed E-state index contributed by atoms with van der Waals surface area (Å²) in [4.78, 5) is 22.3. The largest absolute Gasteiger partial charge is 0.481 e. The minimum Gasteiger partial charge on any atom is -0.481 e. The van der Waals surface area contributed by atoms with Gasteiger partial charge in [-0.15, -0.1) is 0 Å². The molecule has 0 unspecified atom stereocenters. The lowest BCUT2D eigenvalue weighted by molar-refractivity contribution is -0.148. The van der Waals surface area contributed by atoms with E-state index in [-0.39, 0.29) is 11.8 Å². The van der Waals surface area contributed by atoms with E-state index in [4.69, 9.17) is 5.11 Å². The van der Waals surface area contributed by atoms with E-state index in [0.29, 0.717) is 13.0 Å². The second kappa shape index (κ2) is 4.57. The Morgan fingerprint density at radius 1 is 1.47 bits per heavy atom. The van der Waals surface area contributed by atoms with E-state index in [0.717, 1.165) is 11.1 Å². The van der Waals surface area contributed by atoms with E-state index in [2.05, 4.69) is 5.32 Å². The molecule has 1 fully saturated rings. The molecule has 2 rings (SSSR count). The molecule has 90 valence electrons. The van der Waals surface area contributed by atoms with Crippen molar-refractivity contribution >= 4 is 11.9 Å². The molecule has 0 saturated carbocycles. The number of aryl methyl sites for hydroxylation is 1. The highest BCUT2D eigenvalue weighted by molar-refractivity contribution is 5.97. The molecule has 1 aromatic rings. The number of nitrogens with one attached hydrogen (secondary N) is 1. The zero-order valence-electron chi connectivity index (χ0n) is 9.64. The minimum absolute atomic E-state index is 0.0914. The monoisotopic (exact) mass is 233 g/mol. The third-order valence-corrected chi connectivity index (χ3v) is 3.17. The maximum absolute atomic E-state index is 11.4. The van der Waals surface area contributed by atoms with Gasteiger partial charge in [0.15, 0.2) is 0 Å². The van der Waals surface area contributed by atoms with Crippen LogP contribution in [0.1, 0.15) is 23.5 Å². The average molecular weight is 233 g/mol. The van der Waals surface area contributed by atoms with E-state index >= 15 is 0 Å². The van der Waals surface area contributed by atoms with Crippen LogP contribution in [0.5, 0.6) is 0 Å². The highest BCUT2D eigenvalue weighted by atomic mass is 16.4. The van der Waals surface area contributed by atoms with Gasteiger partial charge < -0.3 is 10.4 Å². The van der Waals surface area contributed by atoms with Crippen LogP contribution in [-0.4, -0.2) is 23.5 Å². The lowest BCUT2D eigenvalue weighted by atomic mass is 9.85. The fourth-order valence-corrected chi connectivity index (χ4v) is 2.21. The molecular weight excluding hydrogens is 218 g/mol. The van der Waals surface area contributed by atoms with Gasteiger partial charge in [-0.1, -0.05) is 29.8 Å². The van der Waals surface area contributed by atoms with Gasteiger partial charge in [-0.3, -0.25) is 9.59 Å². The fourth-order valence-electron chi connectivity index (χ4n) is 2.21. The van der Waals surface area contributed by atoms with Crippen molar-refractivity contribution in [1.29, 1.82) is 0 Å². The maximum Gasteiger partial charge on any atom is 0.316 e. The van der Waals surface area contributed by atoms with E-state index in [1.807, 2.05) is 31.2 Å². The zero-order valence-corrected chi connectivity index (χ0v) is 9.64. The first-order valence-electron chi connectivity index (χ1n) is 5.65. The topological polar surface area (TPSA) is 66.4 Å². The predicted octanol–water partition coefficient (Wildman–Crippen LogP) is 1.30.